The summed E-state index contributed by atoms with van der Waals surface area (Å²) in [6.45, 7) is 2.10. The van der Waals surface area contributed by atoms with Gasteiger partial charge in [0.2, 0.25) is 0 Å². The topological polar surface area (TPSA) is 0 Å². The molecule has 54 valence electrons. The summed E-state index contributed by atoms with van der Waals surface area (Å²) in [4.78, 5) is 2.37. The van der Waals surface area contributed by atoms with Crippen molar-refractivity contribution in [3.63, 3.8) is 0 Å². The van der Waals surface area contributed by atoms with Gasteiger partial charge in [-0.15, -0.1) is 24.4 Å². The SMILES string of the molecule is CSc1ccc(S)cc1C. The Bertz CT molecular complexity index is 231. The lowest BCUT2D eigenvalue weighted by Gasteiger charge is -2.01. The van der Waals surface area contributed by atoms with E-state index in [2.05, 4.69) is 37.9 Å². The molecule has 0 aliphatic heterocycles. The van der Waals surface area contributed by atoms with E-state index in [0.717, 1.165) is 4.90 Å². The Hall–Kier alpha value is -0.0800. The first-order valence-corrected chi connectivity index (χ1v) is 4.75. The van der Waals surface area contributed by atoms with Crippen LogP contribution in [0.2, 0.25) is 0 Å². The van der Waals surface area contributed by atoms with Crippen LogP contribution >= 0.6 is 24.4 Å². The van der Waals surface area contributed by atoms with Crippen molar-refractivity contribution < 1.29 is 0 Å². The van der Waals surface area contributed by atoms with Crippen molar-refractivity contribution in [2.24, 2.45) is 0 Å². The van der Waals surface area contributed by atoms with Crippen molar-refractivity contribution >= 4 is 24.4 Å². The van der Waals surface area contributed by atoms with Gasteiger partial charge in [-0.1, -0.05) is 0 Å². The van der Waals surface area contributed by atoms with Crippen molar-refractivity contribution in [3.8, 4) is 0 Å². The first-order valence-electron chi connectivity index (χ1n) is 3.07. The summed E-state index contributed by atoms with van der Waals surface area (Å²) in [5.74, 6) is 0. The van der Waals surface area contributed by atoms with Crippen LogP contribution < -0.4 is 0 Å². The molecule has 0 heterocycles. The van der Waals surface area contributed by atoms with Crippen LogP contribution in [0.5, 0.6) is 0 Å². The van der Waals surface area contributed by atoms with Crippen LogP contribution in [-0.4, -0.2) is 6.26 Å². The first-order chi connectivity index (χ1) is 4.74. The van der Waals surface area contributed by atoms with Gasteiger partial charge in [-0.2, -0.15) is 0 Å². The molecular formula is C8H10S2. The van der Waals surface area contributed by atoms with Crippen molar-refractivity contribution in [1.82, 2.24) is 0 Å². The molecule has 0 spiro atoms. The van der Waals surface area contributed by atoms with Gasteiger partial charge in [-0.3, -0.25) is 0 Å². The lowest BCUT2D eigenvalue weighted by Crippen LogP contribution is -1.77. The van der Waals surface area contributed by atoms with Crippen LogP contribution in [0.3, 0.4) is 0 Å². The van der Waals surface area contributed by atoms with Gasteiger partial charge in [0.25, 0.3) is 0 Å². The molecule has 0 aliphatic rings. The molecule has 0 aliphatic carbocycles. The van der Waals surface area contributed by atoms with Crippen LogP contribution in [0, 0.1) is 6.92 Å². The lowest BCUT2D eigenvalue weighted by atomic mass is 10.2. The summed E-state index contributed by atoms with van der Waals surface area (Å²) in [5.41, 5.74) is 1.31. The average Bonchev–Trinajstić information content (AvgIpc) is 1.88. The number of aryl methyl sites for hydroxylation is 1. The summed E-state index contributed by atoms with van der Waals surface area (Å²) >= 11 is 6.00. The molecule has 1 aromatic rings. The van der Waals surface area contributed by atoms with E-state index in [-0.39, 0.29) is 0 Å². The number of benzene rings is 1. The summed E-state index contributed by atoms with van der Waals surface area (Å²) < 4.78 is 0. The van der Waals surface area contributed by atoms with Gasteiger partial charge in [0.15, 0.2) is 0 Å². The fourth-order valence-electron chi connectivity index (χ4n) is 0.863. The zero-order chi connectivity index (χ0) is 7.56. The van der Waals surface area contributed by atoms with E-state index in [0.29, 0.717) is 0 Å². The van der Waals surface area contributed by atoms with Crippen LogP contribution in [0.15, 0.2) is 28.0 Å². The highest BCUT2D eigenvalue weighted by atomic mass is 32.2. The minimum Gasteiger partial charge on any atom is -0.143 e. The predicted molar refractivity (Wildman–Crippen MR) is 50.2 cm³/mol. The molecule has 0 saturated heterocycles. The Kier molecular flexibility index (Phi) is 2.69. The Labute approximate surface area is 71.4 Å². The molecule has 0 aromatic heterocycles. The van der Waals surface area contributed by atoms with Gasteiger partial charge in [0.05, 0.1) is 0 Å². The maximum atomic E-state index is 4.23. The molecule has 1 rings (SSSR count). The van der Waals surface area contributed by atoms with Gasteiger partial charge in [0.1, 0.15) is 0 Å². The standard InChI is InChI=1S/C8H10S2/c1-6-5-7(9)3-4-8(6)10-2/h3-5,9H,1-2H3. The van der Waals surface area contributed by atoms with Gasteiger partial charge in [-0.25, -0.2) is 0 Å². The van der Waals surface area contributed by atoms with Crippen molar-refractivity contribution in [2.75, 3.05) is 6.26 Å². The minimum absolute atomic E-state index is 1.04. The monoisotopic (exact) mass is 170 g/mol. The van der Waals surface area contributed by atoms with E-state index in [1.807, 2.05) is 6.07 Å². The maximum absolute atomic E-state index is 4.23. The van der Waals surface area contributed by atoms with E-state index in [4.69, 9.17) is 0 Å². The van der Waals surface area contributed by atoms with Gasteiger partial charge < -0.3 is 0 Å². The van der Waals surface area contributed by atoms with E-state index in [1.54, 1.807) is 11.8 Å². The molecule has 2 heteroatoms. The highest BCUT2D eigenvalue weighted by Gasteiger charge is 1.94. The Morgan fingerprint density at radius 2 is 2.10 bits per heavy atom. The number of hydrogen-bond donors (Lipinski definition) is 1. The molecule has 0 atom stereocenters. The van der Waals surface area contributed by atoms with Gasteiger partial charge in [0, 0.05) is 9.79 Å². The molecule has 0 radical (unpaired) electrons. The summed E-state index contributed by atoms with van der Waals surface area (Å²) in [7, 11) is 0. The second-order valence-electron chi connectivity index (χ2n) is 2.15. The molecule has 0 unspecified atom stereocenters. The Balaban J connectivity index is 3.07. The molecule has 0 bridgehead atoms. The number of hydrogen-bond acceptors (Lipinski definition) is 2. The van der Waals surface area contributed by atoms with Crippen LogP contribution in [-0.2, 0) is 0 Å². The maximum Gasteiger partial charge on any atom is 0.00991 e. The van der Waals surface area contributed by atoms with E-state index in [9.17, 15) is 0 Å². The van der Waals surface area contributed by atoms with Crippen molar-refractivity contribution in [2.45, 2.75) is 16.7 Å². The molecule has 10 heavy (non-hydrogen) atoms. The van der Waals surface area contributed by atoms with Gasteiger partial charge in [-0.05, 0) is 36.9 Å². The molecule has 0 saturated carbocycles. The fraction of sp³-hybridized carbons (Fsp3) is 0.250. The number of thiol groups is 1. The summed E-state index contributed by atoms with van der Waals surface area (Å²) in [5, 5.41) is 0. The molecule has 0 fully saturated rings. The molecule has 0 amide bonds. The van der Waals surface area contributed by atoms with Crippen molar-refractivity contribution in [3.05, 3.63) is 23.8 Å². The second kappa shape index (κ2) is 3.35. The smallest absolute Gasteiger partial charge is 0.00991 e. The lowest BCUT2D eigenvalue weighted by molar-refractivity contribution is 1.25. The quantitative estimate of drug-likeness (QED) is 0.499. The third kappa shape index (κ3) is 1.70. The molecular weight excluding hydrogens is 160 g/mol. The second-order valence-corrected chi connectivity index (χ2v) is 3.52. The Morgan fingerprint density at radius 1 is 1.40 bits per heavy atom. The third-order valence-corrected chi connectivity index (χ3v) is 2.55. The largest absolute Gasteiger partial charge is 0.143 e. The van der Waals surface area contributed by atoms with E-state index < -0.39 is 0 Å². The zero-order valence-corrected chi connectivity index (χ0v) is 7.80. The molecule has 1 aromatic carbocycles. The fourth-order valence-corrected chi connectivity index (χ4v) is 1.72. The number of thioether (sulfide) groups is 1. The zero-order valence-electron chi connectivity index (χ0n) is 6.09. The summed E-state index contributed by atoms with van der Waals surface area (Å²) in [6, 6.07) is 6.19. The normalized spacial score (nSPS) is 9.90. The van der Waals surface area contributed by atoms with Crippen LogP contribution in [0.25, 0.3) is 0 Å². The highest BCUT2D eigenvalue weighted by Crippen LogP contribution is 2.21. The minimum atomic E-state index is 1.04. The molecule has 0 nitrogen and oxygen atoms in total. The Morgan fingerprint density at radius 3 is 2.60 bits per heavy atom. The van der Waals surface area contributed by atoms with Crippen molar-refractivity contribution in [1.29, 1.82) is 0 Å². The van der Waals surface area contributed by atoms with Gasteiger partial charge >= 0.3 is 0 Å². The first kappa shape index (κ1) is 8.02. The van der Waals surface area contributed by atoms with Crippen LogP contribution in [0.4, 0.5) is 0 Å². The predicted octanol–water partition coefficient (Wildman–Crippen LogP) is 3.01. The van der Waals surface area contributed by atoms with E-state index in [1.165, 1.54) is 10.5 Å². The van der Waals surface area contributed by atoms with E-state index >= 15 is 0 Å². The average molecular weight is 170 g/mol. The van der Waals surface area contributed by atoms with Crippen LogP contribution in [0.1, 0.15) is 5.56 Å². The highest BCUT2D eigenvalue weighted by molar-refractivity contribution is 7.98. The number of rotatable bonds is 1. The third-order valence-electron chi connectivity index (χ3n) is 1.38. The summed E-state index contributed by atoms with van der Waals surface area (Å²) in [6.07, 6.45) is 2.08. The molecule has 0 N–H and O–H groups in total.